The number of likely N-dealkylation sites (N-methyl/N-ethyl adjacent to an activating group) is 1. The van der Waals surface area contributed by atoms with Gasteiger partial charge in [0.2, 0.25) is 5.91 Å². The van der Waals surface area contributed by atoms with Crippen LogP contribution in [0.1, 0.15) is 28.3 Å². The number of hydrogen-bond donors (Lipinski definition) is 1. The van der Waals surface area contributed by atoms with Gasteiger partial charge in [0.05, 0.1) is 41.2 Å². The quantitative estimate of drug-likeness (QED) is 0.657. The summed E-state index contributed by atoms with van der Waals surface area (Å²) < 4.78 is 5.89. The van der Waals surface area contributed by atoms with E-state index < -0.39 is 5.97 Å². The van der Waals surface area contributed by atoms with Crippen LogP contribution in [0.3, 0.4) is 0 Å². The van der Waals surface area contributed by atoms with Crippen molar-refractivity contribution in [3.05, 3.63) is 59.1 Å². The zero-order valence-electron chi connectivity index (χ0n) is 15.4. The average molecular weight is 383 g/mol. The highest BCUT2D eigenvalue weighted by molar-refractivity contribution is 7.18. The molecule has 27 heavy (non-hydrogen) atoms. The third-order valence-corrected chi connectivity index (χ3v) is 5.54. The van der Waals surface area contributed by atoms with E-state index in [0.717, 1.165) is 15.2 Å². The number of carbonyl (C=O) groups is 2. The molecule has 1 amide bonds. The largest absolute Gasteiger partial charge is 0.465 e. The maximum Gasteiger partial charge on any atom is 0.339 e. The molecule has 6 nitrogen and oxygen atoms in total. The van der Waals surface area contributed by atoms with Gasteiger partial charge in [-0.05, 0) is 38.2 Å². The number of para-hydroxylation sites is 2. The lowest BCUT2D eigenvalue weighted by Crippen LogP contribution is -2.32. The fourth-order valence-electron chi connectivity index (χ4n) is 2.69. The molecule has 0 bridgehead atoms. The number of rotatable bonds is 6. The Kier molecular flexibility index (Phi) is 5.83. The maximum atomic E-state index is 12.5. The van der Waals surface area contributed by atoms with Gasteiger partial charge in [-0.15, -0.1) is 11.3 Å². The van der Waals surface area contributed by atoms with E-state index >= 15 is 0 Å². The van der Waals surface area contributed by atoms with Crippen LogP contribution in [0.25, 0.3) is 10.2 Å². The van der Waals surface area contributed by atoms with Crippen LogP contribution in [0, 0.1) is 0 Å². The lowest BCUT2D eigenvalue weighted by Gasteiger charge is -2.22. The molecule has 0 aliphatic heterocycles. The molecule has 1 N–H and O–H groups in total. The van der Waals surface area contributed by atoms with E-state index in [2.05, 4.69) is 10.3 Å². The van der Waals surface area contributed by atoms with E-state index in [1.54, 1.807) is 35.6 Å². The number of esters is 1. The smallest absolute Gasteiger partial charge is 0.339 e. The molecule has 1 atom stereocenters. The van der Waals surface area contributed by atoms with Crippen LogP contribution in [0.5, 0.6) is 0 Å². The van der Waals surface area contributed by atoms with E-state index in [9.17, 15) is 9.59 Å². The molecule has 1 heterocycles. The Morgan fingerprint density at radius 2 is 1.89 bits per heavy atom. The molecule has 0 spiro atoms. The van der Waals surface area contributed by atoms with Crippen molar-refractivity contribution in [2.45, 2.75) is 13.0 Å². The predicted octanol–water partition coefficient (Wildman–Crippen LogP) is 3.71. The van der Waals surface area contributed by atoms with Gasteiger partial charge in [-0.25, -0.2) is 9.78 Å². The maximum absolute atomic E-state index is 12.5. The van der Waals surface area contributed by atoms with Gasteiger partial charge in [0.25, 0.3) is 0 Å². The second-order valence-electron chi connectivity index (χ2n) is 6.20. The minimum absolute atomic E-state index is 0.0102. The highest BCUT2D eigenvalue weighted by Crippen LogP contribution is 2.28. The number of fused-ring (bicyclic) bond motifs is 1. The average Bonchev–Trinajstić information content (AvgIpc) is 3.11. The van der Waals surface area contributed by atoms with E-state index in [-0.39, 0.29) is 18.5 Å². The number of carbonyl (C=O) groups excluding carboxylic acids is 2. The minimum Gasteiger partial charge on any atom is -0.465 e. The van der Waals surface area contributed by atoms with Crippen LogP contribution < -0.4 is 5.32 Å². The Hall–Kier alpha value is -2.77. The summed E-state index contributed by atoms with van der Waals surface area (Å²) in [4.78, 5) is 30.9. The minimum atomic E-state index is -0.484. The molecule has 1 aromatic heterocycles. The summed E-state index contributed by atoms with van der Waals surface area (Å²) in [5, 5.41) is 3.75. The Labute approximate surface area is 161 Å². The number of benzene rings is 2. The Morgan fingerprint density at radius 1 is 1.19 bits per heavy atom. The molecule has 7 heteroatoms. The zero-order valence-corrected chi connectivity index (χ0v) is 16.2. The van der Waals surface area contributed by atoms with Crippen LogP contribution in [0.2, 0.25) is 0 Å². The van der Waals surface area contributed by atoms with Gasteiger partial charge in [0.15, 0.2) is 0 Å². The van der Waals surface area contributed by atoms with Gasteiger partial charge in [-0.1, -0.05) is 24.3 Å². The normalized spacial score (nSPS) is 12.1. The fourth-order valence-corrected chi connectivity index (χ4v) is 3.78. The first-order chi connectivity index (χ1) is 13.0. The molecule has 0 aliphatic carbocycles. The summed E-state index contributed by atoms with van der Waals surface area (Å²) in [6.45, 7) is 2.19. The predicted molar refractivity (Wildman–Crippen MR) is 107 cm³/mol. The van der Waals surface area contributed by atoms with Crippen molar-refractivity contribution in [2.75, 3.05) is 26.0 Å². The summed E-state index contributed by atoms with van der Waals surface area (Å²) in [7, 11) is 3.19. The first-order valence-electron chi connectivity index (χ1n) is 8.52. The number of hydrogen-bond acceptors (Lipinski definition) is 6. The van der Waals surface area contributed by atoms with Crippen LogP contribution in [0.4, 0.5) is 5.69 Å². The molecule has 0 saturated carbocycles. The van der Waals surface area contributed by atoms with E-state index in [1.807, 2.05) is 43.1 Å². The number of anilines is 1. The second kappa shape index (κ2) is 8.28. The molecular weight excluding hydrogens is 362 g/mol. The van der Waals surface area contributed by atoms with E-state index in [1.165, 1.54) is 7.11 Å². The molecule has 2 aromatic carbocycles. The number of nitrogens with one attached hydrogen (secondary N) is 1. The highest BCUT2D eigenvalue weighted by atomic mass is 32.1. The summed E-state index contributed by atoms with van der Waals surface area (Å²) >= 11 is 1.63. The van der Waals surface area contributed by atoms with Crippen LogP contribution in [0.15, 0.2) is 48.5 Å². The number of amides is 1. The molecule has 0 saturated heterocycles. The molecular formula is C20H21N3O3S. The van der Waals surface area contributed by atoms with Gasteiger partial charge in [-0.3, -0.25) is 9.69 Å². The molecule has 0 radical (unpaired) electrons. The van der Waals surface area contributed by atoms with Gasteiger partial charge in [0.1, 0.15) is 5.01 Å². The van der Waals surface area contributed by atoms with Gasteiger partial charge < -0.3 is 10.1 Å². The van der Waals surface area contributed by atoms with Crippen molar-refractivity contribution in [3.63, 3.8) is 0 Å². The Balaban J connectivity index is 1.68. The van der Waals surface area contributed by atoms with Crippen LogP contribution in [-0.4, -0.2) is 42.5 Å². The molecule has 140 valence electrons. The molecule has 0 aliphatic rings. The van der Waals surface area contributed by atoms with Crippen molar-refractivity contribution in [1.82, 2.24) is 9.88 Å². The third-order valence-electron chi connectivity index (χ3n) is 4.33. The summed E-state index contributed by atoms with van der Waals surface area (Å²) in [6.07, 6.45) is 0. The lowest BCUT2D eigenvalue weighted by molar-refractivity contribution is -0.117. The topological polar surface area (TPSA) is 71.5 Å². The number of nitrogens with zero attached hydrogens (tertiary/aromatic N) is 2. The monoisotopic (exact) mass is 383 g/mol. The number of methoxy groups -OCH3 is 1. The summed E-state index contributed by atoms with van der Waals surface area (Å²) in [5.74, 6) is -0.691. The number of aromatic nitrogens is 1. The summed E-state index contributed by atoms with van der Waals surface area (Å²) in [6, 6.07) is 14.8. The number of ether oxygens (including phenoxy) is 1. The van der Waals surface area contributed by atoms with E-state index in [4.69, 9.17) is 4.74 Å². The Morgan fingerprint density at radius 3 is 2.63 bits per heavy atom. The molecule has 0 fully saturated rings. The first kappa shape index (κ1) is 19.0. The SMILES string of the molecule is COC(=O)c1ccccc1NC(=O)CN(C)[C@H](C)c1nc2ccccc2s1. The van der Waals surface area contributed by atoms with Gasteiger partial charge >= 0.3 is 5.97 Å². The fraction of sp³-hybridized carbons (Fsp3) is 0.250. The van der Waals surface area contributed by atoms with Crippen molar-refractivity contribution in [3.8, 4) is 0 Å². The molecule has 3 rings (SSSR count). The van der Waals surface area contributed by atoms with Crippen LogP contribution >= 0.6 is 11.3 Å². The highest BCUT2D eigenvalue weighted by Gasteiger charge is 2.20. The van der Waals surface area contributed by atoms with Crippen molar-refractivity contribution < 1.29 is 14.3 Å². The second-order valence-corrected chi connectivity index (χ2v) is 7.26. The lowest BCUT2D eigenvalue weighted by atomic mass is 10.2. The van der Waals surface area contributed by atoms with Gasteiger partial charge in [0, 0.05) is 0 Å². The third kappa shape index (κ3) is 4.32. The van der Waals surface area contributed by atoms with E-state index in [0.29, 0.717) is 11.3 Å². The van der Waals surface area contributed by atoms with Crippen molar-refractivity contribution in [1.29, 1.82) is 0 Å². The first-order valence-corrected chi connectivity index (χ1v) is 9.34. The van der Waals surface area contributed by atoms with Crippen molar-refractivity contribution in [2.24, 2.45) is 0 Å². The molecule has 3 aromatic rings. The zero-order chi connectivity index (χ0) is 19.4. The summed E-state index contributed by atoms with van der Waals surface area (Å²) in [5.41, 5.74) is 1.74. The number of thiazole rings is 1. The van der Waals surface area contributed by atoms with Crippen molar-refractivity contribution >= 4 is 39.1 Å². The standard InChI is InChI=1S/C20H21N3O3S/c1-13(19-22-16-10-6-7-11-17(16)27-19)23(2)12-18(24)21-15-9-5-4-8-14(15)20(25)26-3/h4-11,13H,12H2,1-3H3,(H,21,24)/t13-/m1/s1. The van der Waals surface area contributed by atoms with Gasteiger partial charge in [-0.2, -0.15) is 0 Å². The van der Waals surface area contributed by atoms with Crippen LogP contribution in [-0.2, 0) is 9.53 Å². The molecule has 0 unspecified atom stereocenters. The Bertz CT molecular complexity index is 937.